The van der Waals surface area contributed by atoms with E-state index in [2.05, 4.69) is 5.32 Å². The van der Waals surface area contributed by atoms with Gasteiger partial charge in [-0.05, 0) is 31.5 Å². The topological polar surface area (TPSA) is 67.8 Å². The molecule has 1 rings (SSSR count). The van der Waals surface area contributed by atoms with E-state index in [1.165, 1.54) is 0 Å². The van der Waals surface area contributed by atoms with Gasteiger partial charge in [-0.2, -0.15) is 0 Å². The molecule has 0 aliphatic carbocycles. The molecule has 0 spiro atoms. The van der Waals surface area contributed by atoms with Crippen molar-refractivity contribution in [2.24, 2.45) is 0 Å². The third-order valence-corrected chi connectivity index (χ3v) is 2.45. The number of carbonyl (C=O) groups is 1. The predicted molar refractivity (Wildman–Crippen MR) is 71.9 cm³/mol. The number of nitrogens with one attached hydrogen (secondary N) is 1. The van der Waals surface area contributed by atoms with Gasteiger partial charge in [-0.25, -0.2) is 0 Å². The van der Waals surface area contributed by atoms with Crippen LogP contribution in [0.5, 0.6) is 5.75 Å². The van der Waals surface area contributed by atoms with Gasteiger partial charge in [0.05, 0.1) is 13.0 Å². The van der Waals surface area contributed by atoms with Crippen molar-refractivity contribution in [2.75, 3.05) is 19.8 Å². The number of phenolic OH excluding ortho intramolecular Hbond substituents is 1. The maximum atomic E-state index is 11.7. The van der Waals surface area contributed by atoms with Crippen LogP contribution < -0.4 is 5.32 Å². The summed E-state index contributed by atoms with van der Waals surface area (Å²) in [5, 5.41) is 12.1. The van der Waals surface area contributed by atoms with Gasteiger partial charge >= 0.3 is 0 Å². The first-order valence-electron chi connectivity index (χ1n) is 6.43. The molecule has 1 aromatic rings. The molecular weight excluding hydrogens is 246 g/mol. The summed E-state index contributed by atoms with van der Waals surface area (Å²) >= 11 is 0. The number of hydrogen-bond donors (Lipinski definition) is 2. The van der Waals surface area contributed by atoms with Crippen LogP contribution in [0.4, 0.5) is 0 Å². The van der Waals surface area contributed by atoms with E-state index in [1.54, 1.807) is 24.3 Å². The number of amides is 1. The van der Waals surface area contributed by atoms with Crippen LogP contribution >= 0.6 is 0 Å². The highest BCUT2D eigenvalue weighted by atomic mass is 16.7. The van der Waals surface area contributed by atoms with E-state index in [9.17, 15) is 9.90 Å². The molecule has 0 bridgehead atoms. The zero-order valence-corrected chi connectivity index (χ0v) is 11.4. The minimum Gasteiger partial charge on any atom is -0.508 e. The molecule has 0 fully saturated rings. The molecule has 0 aromatic heterocycles. The molecule has 0 unspecified atom stereocenters. The minimum atomic E-state index is -0.414. The fraction of sp³-hybridized carbons (Fsp3) is 0.500. The van der Waals surface area contributed by atoms with Crippen molar-refractivity contribution < 1.29 is 19.4 Å². The normalized spacial score (nSPS) is 10.7. The molecule has 5 heteroatoms. The van der Waals surface area contributed by atoms with Gasteiger partial charge in [0.15, 0.2) is 6.29 Å². The lowest BCUT2D eigenvalue weighted by Crippen LogP contribution is -2.36. The van der Waals surface area contributed by atoms with Crippen LogP contribution in [0, 0.1) is 0 Å². The van der Waals surface area contributed by atoms with Crippen LogP contribution in [0.1, 0.15) is 19.4 Å². The van der Waals surface area contributed by atoms with Crippen LogP contribution in [0.3, 0.4) is 0 Å². The Morgan fingerprint density at radius 2 is 2.00 bits per heavy atom. The van der Waals surface area contributed by atoms with Crippen LogP contribution in [0.15, 0.2) is 24.3 Å². The van der Waals surface area contributed by atoms with Crippen molar-refractivity contribution in [3.05, 3.63) is 29.8 Å². The largest absolute Gasteiger partial charge is 0.508 e. The van der Waals surface area contributed by atoms with Gasteiger partial charge in [-0.3, -0.25) is 4.79 Å². The Labute approximate surface area is 113 Å². The van der Waals surface area contributed by atoms with E-state index < -0.39 is 6.29 Å². The average Bonchev–Trinajstić information content (AvgIpc) is 2.36. The number of phenols is 1. The summed E-state index contributed by atoms with van der Waals surface area (Å²) in [4.78, 5) is 11.7. The fourth-order valence-corrected chi connectivity index (χ4v) is 1.65. The quantitative estimate of drug-likeness (QED) is 0.700. The first-order chi connectivity index (χ1) is 9.15. The zero-order valence-electron chi connectivity index (χ0n) is 11.4. The van der Waals surface area contributed by atoms with Crippen molar-refractivity contribution in [3.8, 4) is 5.75 Å². The van der Waals surface area contributed by atoms with Crippen molar-refractivity contribution in [3.63, 3.8) is 0 Å². The Morgan fingerprint density at radius 1 is 1.32 bits per heavy atom. The number of hydrogen-bond acceptors (Lipinski definition) is 4. The molecular formula is C14H21NO4. The van der Waals surface area contributed by atoms with E-state index >= 15 is 0 Å². The smallest absolute Gasteiger partial charge is 0.224 e. The van der Waals surface area contributed by atoms with Crippen LogP contribution in [-0.4, -0.2) is 37.1 Å². The Hall–Kier alpha value is -1.59. The Morgan fingerprint density at radius 3 is 2.58 bits per heavy atom. The number of rotatable bonds is 8. The highest BCUT2D eigenvalue weighted by Crippen LogP contribution is 2.11. The van der Waals surface area contributed by atoms with Crippen LogP contribution in [0.2, 0.25) is 0 Å². The lowest BCUT2D eigenvalue weighted by atomic mass is 10.1. The molecule has 106 valence electrons. The van der Waals surface area contributed by atoms with Crippen molar-refractivity contribution in [1.29, 1.82) is 0 Å². The highest BCUT2D eigenvalue weighted by molar-refractivity contribution is 5.78. The first-order valence-corrected chi connectivity index (χ1v) is 6.43. The Balaban J connectivity index is 2.38. The third-order valence-electron chi connectivity index (χ3n) is 2.45. The maximum Gasteiger partial charge on any atom is 0.224 e. The average molecular weight is 267 g/mol. The van der Waals surface area contributed by atoms with Gasteiger partial charge < -0.3 is 19.9 Å². The number of ether oxygens (including phenoxy) is 2. The van der Waals surface area contributed by atoms with Gasteiger partial charge in [0.1, 0.15) is 5.75 Å². The summed E-state index contributed by atoms with van der Waals surface area (Å²) in [6, 6.07) is 6.65. The van der Waals surface area contributed by atoms with E-state index in [0.29, 0.717) is 19.8 Å². The first kappa shape index (κ1) is 15.5. The van der Waals surface area contributed by atoms with Crippen molar-refractivity contribution in [1.82, 2.24) is 5.32 Å². The Bertz CT molecular complexity index is 389. The van der Waals surface area contributed by atoms with E-state index in [1.807, 2.05) is 13.8 Å². The zero-order chi connectivity index (χ0) is 14.1. The molecule has 1 amide bonds. The number of carbonyl (C=O) groups excluding carboxylic acids is 1. The number of aromatic hydroxyl groups is 1. The van der Waals surface area contributed by atoms with E-state index in [0.717, 1.165) is 5.56 Å². The van der Waals surface area contributed by atoms with Gasteiger partial charge in [0.25, 0.3) is 0 Å². The molecule has 5 nitrogen and oxygen atoms in total. The van der Waals surface area contributed by atoms with Crippen LogP contribution in [0.25, 0.3) is 0 Å². The standard InChI is InChI=1S/C14H21NO4/c1-3-18-14(19-4-2)10-15-13(17)9-11-6-5-7-12(16)8-11/h5-8,14,16H,3-4,9-10H2,1-2H3,(H,15,17). The molecule has 0 atom stereocenters. The van der Waals surface area contributed by atoms with Gasteiger partial charge in [0.2, 0.25) is 5.91 Å². The van der Waals surface area contributed by atoms with Gasteiger partial charge in [0, 0.05) is 13.2 Å². The van der Waals surface area contributed by atoms with Crippen molar-refractivity contribution >= 4 is 5.91 Å². The summed E-state index contributed by atoms with van der Waals surface area (Å²) in [5.41, 5.74) is 0.766. The summed E-state index contributed by atoms with van der Waals surface area (Å²) < 4.78 is 10.7. The SMILES string of the molecule is CCOC(CNC(=O)Cc1cccc(O)c1)OCC. The fourth-order valence-electron chi connectivity index (χ4n) is 1.65. The molecule has 0 saturated carbocycles. The molecule has 1 aromatic carbocycles. The third kappa shape index (κ3) is 6.22. The predicted octanol–water partition coefficient (Wildman–Crippen LogP) is 1.45. The molecule has 0 saturated heterocycles. The summed E-state index contributed by atoms with van der Waals surface area (Å²) in [6.45, 7) is 5.14. The molecule has 0 heterocycles. The Kier molecular flexibility index (Phi) is 6.92. The molecule has 0 aliphatic heterocycles. The molecule has 0 aliphatic rings. The maximum absolute atomic E-state index is 11.7. The number of benzene rings is 1. The summed E-state index contributed by atoms with van der Waals surface area (Å²) in [7, 11) is 0. The van der Waals surface area contributed by atoms with Crippen LogP contribution in [-0.2, 0) is 20.7 Å². The lowest BCUT2D eigenvalue weighted by molar-refractivity contribution is -0.140. The minimum absolute atomic E-state index is 0.130. The van der Waals surface area contributed by atoms with Gasteiger partial charge in [-0.1, -0.05) is 12.1 Å². The highest BCUT2D eigenvalue weighted by Gasteiger charge is 2.10. The van der Waals surface area contributed by atoms with E-state index in [4.69, 9.17) is 9.47 Å². The van der Waals surface area contributed by atoms with Crippen molar-refractivity contribution in [2.45, 2.75) is 26.6 Å². The summed E-state index contributed by atoms with van der Waals surface area (Å²) in [6.07, 6.45) is -0.192. The second kappa shape index (κ2) is 8.50. The molecule has 0 radical (unpaired) electrons. The second-order valence-electron chi connectivity index (χ2n) is 3.99. The summed E-state index contributed by atoms with van der Waals surface area (Å²) in [5.74, 6) is 0.0295. The lowest BCUT2D eigenvalue weighted by Gasteiger charge is -2.17. The van der Waals surface area contributed by atoms with Gasteiger partial charge in [-0.15, -0.1) is 0 Å². The molecule has 2 N–H and O–H groups in total. The van der Waals surface area contributed by atoms with E-state index in [-0.39, 0.29) is 18.1 Å². The monoisotopic (exact) mass is 267 g/mol. The second-order valence-corrected chi connectivity index (χ2v) is 3.99. The molecule has 19 heavy (non-hydrogen) atoms.